The molecule has 0 spiro atoms. The fraction of sp³-hybridized carbons (Fsp3) is 0.111. The highest BCUT2D eigenvalue weighted by atomic mass is 32.2. The Hall–Kier alpha value is -2.53. The molecular formula is C18H15N3OS. The summed E-state index contributed by atoms with van der Waals surface area (Å²) >= 11 is 1.63. The Morgan fingerprint density at radius 2 is 1.78 bits per heavy atom. The number of rotatable bonds is 4. The van der Waals surface area contributed by atoms with Crippen molar-refractivity contribution in [3.63, 3.8) is 0 Å². The van der Waals surface area contributed by atoms with Crippen LogP contribution in [0.3, 0.4) is 0 Å². The van der Waals surface area contributed by atoms with Crippen molar-refractivity contribution >= 4 is 22.8 Å². The third-order valence-electron chi connectivity index (χ3n) is 3.63. The summed E-state index contributed by atoms with van der Waals surface area (Å²) in [6.07, 6.45) is 0. The van der Waals surface area contributed by atoms with Crippen molar-refractivity contribution in [1.82, 2.24) is 15.0 Å². The van der Waals surface area contributed by atoms with Gasteiger partial charge in [-0.05, 0) is 31.2 Å². The van der Waals surface area contributed by atoms with Gasteiger partial charge in [0.1, 0.15) is 5.76 Å². The summed E-state index contributed by atoms with van der Waals surface area (Å²) in [6, 6.07) is 18.0. The van der Waals surface area contributed by atoms with E-state index >= 15 is 0 Å². The van der Waals surface area contributed by atoms with Crippen molar-refractivity contribution in [3.8, 4) is 11.5 Å². The fourth-order valence-corrected chi connectivity index (χ4v) is 3.29. The van der Waals surface area contributed by atoms with Crippen LogP contribution in [-0.4, -0.2) is 15.0 Å². The van der Waals surface area contributed by atoms with Gasteiger partial charge in [0.15, 0.2) is 5.16 Å². The summed E-state index contributed by atoms with van der Waals surface area (Å²) in [5.41, 5.74) is 3.98. The zero-order valence-corrected chi connectivity index (χ0v) is 13.4. The van der Waals surface area contributed by atoms with Crippen LogP contribution < -0.4 is 0 Å². The lowest BCUT2D eigenvalue weighted by atomic mass is 10.2. The minimum absolute atomic E-state index is 0.670. The molecule has 0 radical (unpaired) electrons. The number of hydrogen-bond acceptors (Lipinski definition) is 4. The zero-order valence-electron chi connectivity index (χ0n) is 12.6. The molecule has 23 heavy (non-hydrogen) atoms. The van der Waals surface area contributed by atoms with Crippen LogP contribution in [-0.2, 0) is 5.75 Å². The second kappa shape index (κ2) is 5.93. The van der Waals surface area contributed by atoms with Crippen molar-refractivity contribution in [2.45, 2.75) is 17.8 Å². The highest BCUT2D eigenvalue weighted by Gasteiger charge is 2.12. The number of aryl methyl sites for hydroxylation is 1. The fourth-order valence-electron chi connectivity index (χ4n) is 2.40. The van der Waals surface area contributed by atoms with Gasteiger partial charge in [0.25, 0.3) is 0 Å². The Kier molecular flexibility index (Phi) is 3.63. The SMILES string of the molecule is Cc1oc(-c2ccccc2)nc1CSc1nc2ccccc2[nH]1. The molecule has 2 aromatic carbocycles. The summed E-state index contributed by atoms with van der Waals surface area (Å²) < 4.78 is 5.79. The molecular weight excluding hydrogens is 306 g/mol. The van der Waals surface area contributed by atoms with E-state index in [-0.39, 0.29) is 0 Å². The van der Waals surface area contributed by atoms with E-state index in [1.807, 2.05) is 61.5 Å². The Morgan fingerprint density at radius 1 is 1.00 bits per heavy atom. The van der Waals surface area contributed by atoms with Crippen LogP contribution in [0.25, 0.3) is 22.5 Å². The normalized spacial score (nSPS) is 11.2. The number of nitrogens with zero attached hydrogens (tertiary/aromatic N) is 2. The zero-order chi connectivity index (χ0) is 15.6. The number of thioether (sulfide) groups is 1. The predicted molar refractivity (Wildman–Crippen MR) is 92.3 cm³/mol. The molecule has 4 aromatic rings. The van der Waals surface area contributed by atoms with E-state index in [0.29, 0.717) is 5.89 Å². The Bertz CT molecular complexity index is 910. The Balaban J connectivity index is 1.54. The third-order valence-corrected chi connectivity index (χ3v) is 4.51. The molecule has 1 N–H and O–H groups in total. The smallest absolute Gasteiger partial charge is 0.226 e. The van der Waals surface area contributed by atoms with Gasteiger partial charge < -0.3 is 9.40 Å². The monoisotopic (exact) mass is 321 g/mol. The topological polar surface area (TPSA) is 54.7 Å². The summed E-state index contributed by atoms with van der Waals surface area (Å²) in [6.45, 7) is 1.95. The van der Waals surface area contributed by atoms with E-state index in [1.165, 1.54) is 0 Å². The van der Waals surface area contributed by atoms with Gasteiger partial charge in [-0.25, -0.2) is 9.97 Å². The van der Waals surface area contributed by atoms with Crippen molar-refractivity contribution in [2.24, 2.45) is 0 Å². The molecule has 2 heterocycles. The summed E-state index contributed by atoms with van der Waals surface area (Å²) in [4.78, 5) is 12.5. The highest BCUT2D eigenvalue weighted by molar-refractivity contribution is 7.98. The van der Waals surface area contributed by atoms with Gasteiger partial charge in [-0.2, -0.15) is 0 Å². The van der Waals surface area contributed by atoms with Gasteiger partial charge >= 0.3 is 0 Å². The number of nitrogens with one attached hydrogen (secondary N) is 1. The molecule has 0 bridgehead atoms. The van der Waals surface area contributed by atoms with Crippen molar-refractivity contribution in [1.29, 1.82) is 0 Å². The van der Waals surface area contributed by atoms with Crippen LogP contribution in [0, 0.1) is 6.92 Å². The van der Waals surface area contributed by atoms with E-state index in [2.05, 4.69) is 15.0 Å². The second-order valence-electron chi connectivity index (χ2n) is 5.24. The van der Waals surface area contributed by atoms with Crippen LogP contribution in [0.15, 0.2) is 64.2 Å². The number of benzene rings is 2. The molecule has 0 aliphatic heterocycles. The molecule has 0 amide bonds. The first-order chi connectivity index (χ1) is 11.3. The number of hydrogen-bond donors (Lipinski definition) is 1. The number of aromatic nitrogens is 3. The van der Waals surface area contributed by atoms with Crippen LogP contribution in [0.5, 0.6) is 0 Å². The van der Waals surface area contributed by atoms with Crippen LogP contribution in [0.4, 0.5) is 0 Å². The van der Waals surface area contributed by atoms with E-state index in [1.54, 1.807) is 11.8 Å². The Labute approximate surface area is 138 Å². The molecule has 0 fully saturated rings. The first-order valence-corrected chi connectivity index (χ1v) is 8.37. The van der Waals surface area contributed by atoms with Crippen LogP contribution >= 0.6 is 11.8 Å². The van der Waals surface area contributed by atoms with Gasteiger partial charge in [-0.15, -0.1) is 0 Å². The molecule has 0 atom stereocenters. The van der Waals surface area contributed by atoms with E-state index in [9.17, 15) is 0 Å². The largest absolute Gasteiger partial charge is 0.441 e. The Morgan fingerprint density at radius 3 is 2.61 bits per heavy atom. The van der Waals surface area contributed by atoms with Gasteiger partial charge in [-0.3, -0.25) is 0 Å². The van der Waals surface area contributed by atoms with Crippen molar-refractivity contribution < 1.29 is 4.42 Å². The number of H-pyrrole nitrogens is 1. The van der Waals surface area contributed by atoms with Crippen LogP contribution in [0.2, 0.25) is 0 Å². The number of para-hydroxylation sites is 2. The minimum atomic E-state index is 0.670. The maximum atomic E-state index is 5.79. The average molecular weight is 321 g/mol. The molecule has 0 aliphatic carbocycles. The number of imidazole rings is 1. The molecule has 4 nitrogen and oxygen atoms in total. The molecule has 0 saturated carbocycles. The summed E-state index contributed by atoms with van der Waals surface area (Å²) in [7, 11) is 0. The molecule has 2 aromatic heterocycles. The van der Waals surface area contributed by atoms with E-state index in [0.717, 1.165) is 39.0 Å². The lowest BCUT2D eigenvalue weighted by Gasteiger charge is -1.94. The van der Waals surface area contributed by atoms with Crippen molar-refractivity contribution in [3.05, 3.63) is 66.1 Å². The van der Waals surface area contributed by atoms with Crippen molar-refractivity contribution in [2.75, 3.05) is 0 Å². The molecule has 5 heteroatoms. The quantitative estimate of drug-likeness (QED) is 0.548. The van der Waals surface area contributed by atoms with Gasteiger partial charge in [0.05, 0.1) is 16.7 Å². The molecule has 0 saturated heterocycles. The molecule has 0 unspecified atom stereocenters. The standard InChI is InChI=1S/C18H15N3OS/c1-12-16(19-17(22-12)13-7-3-2-4-8-13)11-23-18-20-14-9-5-6-10-15(14)21-18/h2-10H,11H2,1H3,(H,20,21). The number of fused-ring (bicyclic) bond motifs is 1. The third kappa shape index (κ3) is 2.87. The summed E-state index contributed by atoms with van der Waals surface area (Å²) in [5.74, 6) is 2.25. The summed E-state index contributed by atoms with van der Waals surface area (Å²) in [5, 5.41) is 0.898. The molecule has 4 rings (SSSR count). The predicted octanol–water partition coefficient (Wildman–Crippen LogP) is 4.82. The van der Waals surface area contributed by atoms with Crippen LogP contribution in [0.1, 0.15) is 11.5 Å². The maximum Gasteiger partial charge on any atom is 0.226 e. The lowest BCUT2D eigenvalue weighted by Crippen LogP contribution is -1.85. The maximum absolute atomic E-state index is 5.79. The van der Waals surface area contributed by atoms with E-state index < -0.39 is 0 Å². The number of aromatic amines is 1. The van der Waals surface area contributed by atoms with Gasteiger partial charge in [-0.1, -0.05) is 42.1 Å². The van der Waals surface area contributed by atoms with Gasteiger partial charge in [0, 0.05) is 11.3 Å². The first kappa shape index (κ1) is 14.1. The second-order valence-corrected chi connectivity index (χ2v) is 6.20. The molecule has 0 aliphatic rings. The number of oxazole rings is 1. The van der Waals surface area contributed by atoms with E-state index in [4.69, 9.17) is 4.42 Å². The first-order valence-electron chi connectivity index (χ1n) is 7.39. The lowest BCUT2D eigenvalue weighted by molar-refractivity contribution is 0.540. The average Bonchev–Trinajstić information content (AvgIpc) is 3.16. The highest BCUT2D eigenvalue weighted by Crippen LogP contribution is 2.27. The van der Waals surface area contributed by atoms with Gasteiger partial charge in [0.2, 0.25) is 5.89 Å². The minimum Gasteiger partial charge on any atom is -0.441 e. The molecule has 114 valence electrons.